The van der Waals surface area contributed by atoms with Crippen LogP contribution in [0.4, 0.5) is 11.4 Å². The van der Waals surface area contributed by atoms with Crippen molar-refractivity contribution >= 4 is 17.1 Å². The summed E-state index contributed by atoms with van der Waals surface area (Å²) in [6, 6.07) is 11.3. The number of anilines is 1. The largest absolute Gasteiger partial charge is 0.358 e. The van der Waals surface area contributed by atoms with Gasteiger partial charge in [-0.3, -0.25) is 4.99 Å². The third kappa shape index (κ3) is 5.03. The molecule has 2 aromatic rings. The van der Waals surface area contributed by atoms with Gasteiger partial charge in [-0.2, -0.15) is 0 Å². The van der Waals surface area contributed by atoms with Gasteiger partial charge in [-0.1, -0.05) is 62.6 Å². The number of allylic oxidation sites excluding steroid dienone is 2. The number of hydrogen-bond acceptors (Lipinski definition) is 2. The summed E-state index contributed by atoms with van der Waals surface area (Å²) in [5, 5.41) is 3.89. The minimum absolute atomic E-state index is 1.06. The van der Waals surface area contributed by atoms with Crippen molar-refractivity contribution in [2.24, 2.45) is 4.99 Å². The highest BCUT2D eigenvalue weighted by Crippen LogP contribution is 2.32. The molecule has 0 saturated carbocycles. The first-order valence-corrected chi connectivity index (χ1v) is 11.7. The van der Waals surface area contributed by atoms with Crippen LogP contribution >= 0.6 is 0 Å². The van der Waals surface area contributed by atoms with E-state index in [4.69, 9.17) is 4.99 Å². The molecule has 0 bridgehead atoms. The Kier molecular flexibility index (Phi) is 7.53. The Morgan fingerprint density at radius 1 is 0.867 bits per heavy atom. The maximum absolute atomic E-state index is 5.17. The Bertz CT molecular complexity index is 915. The van der Waals surface area contributed by atoms with E-state index in [1.807, 2.05) is 0 Å². The molecule has 0 radical (unpaired) electrons. The normalized spacial score (nSPS) is 15.7. The zero-order valence-corrected chi connectivity index (χ0v) is 19.8. The van der Waals surface area contributed by atoms with Crippen LogP contribution in [-0.2, 0) is 12.8 Å². The maximum Gasteiger partial charge on any atom is 0.0691 e. The van der Waals surface area contributed by atoms with Gasteiger partial charge in [0.2, 0.25) is 0 Å². The summed E-state index contributed by atoms with van der Waals surface area (Å²) in [7, 11) is 0. The van der Waals surface area contributed by atoms with Crippen molar-refractivity contribution in [2.45, 2.75) is 86.5 Å². The third-order valence-electron chi connectivity index (χ3n) is 6.16. The van der Waals surface area contributed by atoms with Crippen molar-refractivity contribution in [2.75, 3.05) is 5.32 Å². The molecule has 0 unspecified atom stereocenters. The third-order valence-corrected chi connectivity index (χ3v) is 6.16. The van der Waals surface area contributed by atoms with E-state index < -0.39 is 0 Å². The van der Waals surface area contributed by atoms with Crippen LogP contribution in [0.15, 0.2) is 46.6 Å². The Morgan fingerprint density at radius 2 is 1.47 bits per heavy atom. The molecule has 1 aliphatic carbocycles. The number of para-hydroxylation sites is 1. The molecule has 3 rings (SSSR count). The van der Waals surface area contributed by atoms with Crippen molar-refractivity contribution in [1.29, 1.82) is 0 Å². The van der Waals surface area contributed by atoms with Gasteiger partial charge in [-0.15, -0.1) is 0 Å². The van der Waals surface area contributed by atoms with Crippen molar-refractivity contribution in [1.82, 2.24) is 0 Å². The minimum Gasteiger partial charge on any atom is -0.358 e. The van der Waals surface area contributed by atoms with Gasteiger partial charge in [0, 0.05) is 17.1 Å². The predicted octanol–water partition coefficient (Wildman–Crippen LogP) is 8.16. The summed E-state index contributed by atoms with van der Waals surface area (Å²) in [6.07, 6.45) is 7.89. The molecule has 0 fully saturated rings. The summed E-state index contributed by atoms with van der Waals surface area (Å²) < 4.78 is 0. The Morgan fingerprint density at radius 3 is 2.03 bits per heavy atom. The SMILES string of the molecule is CCCc1cccc(CCC)c1NC1=C(C)/C(=N/c2c(C)cc(C)cc2C)CCC1. The molecule has 30 heavy (non-hydrogen) atoms. The molecule has 2 aromatic carbocycles. The Hall–Kier alpha value is -2.35. The number of aliphatic imine (C=N–C) groups is 1. The van der Waals surface area contributed by atoms with E-state index in [1.54, 1.807) is 0 Å². The van der Waals surface area contributed by atoms with Crippen molar-refractivity contribution < 1.29 is 0 Å². The molecule has 1 aliphatic rings. The maximum atomic E-state index is 5.17. The second kappa shape index (κ2) is 10.1. The molecule has 0 spiro atoms. The number of rotatable bonds is 7. The van der Waals surface area contributed by atoms with Gasteiger partial charge in [0.25, 0.3) is 0 Å². The van der Waals surface area contributed by atoms with Crippen LogP contribution in [-0.4, -0.2) is 5.71 Å². The number of aryl methyl sites for hydroxylation is 5. The molecule has 0 atom stereocenters. The van der Waals surface area contributed by atoms with Gasteiger partial charge in [0.1, 0.15) is 0 Å². The average Bonchev–Trinajstić information content (AvgIpc) is 2.69. The van der Waals surface area contributed by atoms with Crippen LogP contribution < -0.4 is 5.32 Å². The molecule has 2 nitrogen and oxygen atoms in total. The summed E-state index contributed by atoms with van der Waals surface area (Å²) >= 11 is 0. The predicted molar refractivity (Wildman–Crippen MR) is 132 cm³/mol. The monoisotopic (exact) mass is 402 g/mol. The fraction of sp³-hybridized carbons (Fsp3) is 0.464. The highest BCUT2D eigenvalue weighted by Gasteiger charge is 2.18. The minimum atomic E-state index is 1.06. The van der Waals surface area contributed by atoms with E-state index in [2.05, 4.69) is 77.2 Å². The molecule has 0 saturated heterocycles. The first kappa shape index (κ1) is 22.3. The van der Waals surface area contributed by atoms with Crippen LogP contribution in [0.5, 0.6) is 0 Å². The first-order valence-electron chi connectivity index (χ1n) is 11.7. The number of nitrogens with zero attached hydrogens (tertiary/aromatic N) is 1. The summed E-state index contributed by atoms with van der Waals surface area (Å²) in [5.74, 6) is 0. The topological polar surface area (TPSA) is 24.4 Å². The fourth-order valence-electron chi connectivity index (χ4n) is 4.68. The first-order chi connectivity index (χ1) is 14.4. The highest BCUT2D eigenvalue weighted by atomic mass is 14.9. The smallest absolute Gasteiger partial charge is 0.0691 e. The van der Waals surface area contributed by atoms with Crippen LogP contribution in [0, 0.1) is 20.8 Å². The van der Waals surface area contributed by atoms with Crippen molar-refractivity contribution in [3.63, 3.8) is 0 Å². The van der Waals surface area contributed by atoms with Gasteiger partial charge < -0.3 is 5.32 Å². The van der Waals surface area contributed by atoms with E-state index in [0.29, 0.717) is 0 Å². The fourth-order valence-corrected chi connectivity index (χ4v) is 4.68. The van der Waals surface area contributed by atoms with Crippen LogP contribution in [0.25, 0.3) is 0 Å². The molecule has 2 heteroatoms. The lowest BCUT2D eigenvalue weighted by Gasteiger charge is -2.24. The van der Waals surface area contributed by atoms with Gasteiger partial charge in [0.15, 0.2) is 0 Å². The lowest BCUT2D eigenvalue weighted by molar-refractivity contribution is 0.820. The summed E-state index contributed by atoms with van der Waals surface area (Å²) in [4.78, 5) is 5.17. The van der Waals surface area contributed by atoms with E-state index in [1.165, 1.54) is 63.3 Å². The van der Waals surface area contributed by atoms with Gasteiger partial charge >= 0.3 is 0 Å². The lowest BCUT2D eigenvalue weighted by atomic mass is 9.93. The second-order valence-electron chi connectivity index (χ2n) is 8.84. The van der Waals surface area contributed by atoms with E-state index in [0.717, 1.165) is 37.8 Å². The van der Waals surface area contributed by atoms with Crippen LogP contribution in [0.2, 0.25) is 0 Å². The van der Waals surface area contributed by atoms with Crippen LogP contribution in [0.1, 0.15) is 80.7 Å². The lowest BCUT2D eigenvalue weighted by Crippen LogP contribution is -2.16. The quantitative estimate of drug-likeness (QED) is 0.496. The summed E-state index contributed by atoms with van der Waals surface area (Å²) in [5.41, 5.74) is 13.1. The molecule has 0 heterocycles. The van der Waals surface area contributed by atoms with Crippen molar-refractivity contribution in [3.8, 4) is 0 Å². The average molecular weight is 403 g/mol. The van der Waals surface area contributed by atoms with Crippen molar-refractivity contribution in [3.05, 3.63) is 69.4 Å². The molecular formula is C28H38N2. The van der Waals surface area contributed by atoms with Gasteiger partial charge in [-0.25, -0.2) is 0 Å². The Balaban J connectivity index is 2.00. The highest BCUT2D eigenvalue weighted by molar-refractivity contribution is 6.03. The molecular weight excluding hydrogens is 364 g/mol. The van der Waals surface area contributed by atoms with E-state index in [9.17, 15) is 0 Å². The van der Waals surface area contributed by atoms with E-state index >= 15 is 0 Å². The molecule has 0 amide bonds. The number of hydrogen-bond donors (Lipinski definition) is 1. The number of benzene rings is 2. The van der Waals surface area contributed by atoms with E-state index in [-0.39, 0.29) is 0 Å². The van der Waals surface area contributed by atoms with Crippen LogP contribution in [0.3, 0.4) is 0 Å². The molecule has 1 N–H and O–H groups in total. The van der Waals surface area contributed by atoms with Gasteiger partial charge in [-0.05, 0) is 87.6 Å². The summed E-state index contributed by atoms with van der Waals surface area (Å²) in [6.45, 7) is 13.3. The zero-order chi connectivity index (χ0) is 21.7. The number of nitrogens with one attached hydrogen (secondary N) is 1. The molecule has 0 aromatic heterocycles. The molecule has 160 valence electrons. The second-order valence-corrected chi connectivity index (χ2v) is 8.84. The zero-order valence-electron chi connectivity index (χ0n) is 19.8. The standard InChI is InChI=1S/C28H38N2/c1-7-11-23-13-9-14-24(12-8-2)28(23)30-26-16-10-15-25(22(26)6)29-27-20(4)17-19(3)18-21(27)5/h9,13-14,17-18,30H,7-8,10-12,15-16H2,1-6H3/b29-25+. The van der Waals surface area contributed by atoms with Gasteiger partial charge in [0.05, 0.1) is 5.69 Å². The molecule has 0 aliphatic heterocycles. The Labute approximate surface area is 183 Å².